The lowest BCUT2D eigenvalue weighted by atomic mass is 10.3. The van der Waals surface area contributed by atoms with E-state index in [1.165, 1.54) is 17.8 Å². The highest BCUT2D eigenvalue weighted by Gasteiger charge is 2.30. The van der Waals surface area contributed by atoms with Gasteiger partial charge in [0.05, 0.1) is 26.3 Å². The average molecular weight is 395 g/mol. The second kappa shape index (κ2) is 8.09. The zero-order chi connectivity index (χ0) is 17.7. The van der Waals surface area contributed by atoms with Crippen LogP contribution in [0.2, 0.25) is 10.0 Å². The fraction of sp³-hybridized carbons (Fsp3) is 0.200. The van der Waals surface area contributed by atoms with E-state index in [1.807, 2.05) is 0 Å². The number of aromatic nitrogens is 1. The van der Waals surface area contributed by atoms with Gasteiger partial charge in [0.2, 0.25) is 5.91 Å². The number of nitrogens with one attached hydrogen (secondary N) is 1. The van der Waals surface area contributed by atoms with Gasteiger partial charge in [-0.2, -0.15) is 13.2 Å². The predicted molar refractivity (Wildman–Crippen MR) is 89.7 cm³/mol. The minimum atomic E-state index is -4.41. The molecule has 1 aromatic carbocycles. The molecule has 0 unspecified atom stereocenters. The molecular formula is C15H11Cl2F3N2OS. The van der Waals surface area contributed by atoms with Gasteiger partial charge in [0.25, 0.3) is 0 Å². The number of hydrogen-bond acceptors (Lipinski definition) is 3. The Morgan fingerprint density at radius 1 is 1.17 bits per heavy atom. The van der Waals surface area contributed by atoms with Gasteiger partial charge in [-0.1, -0.05) is 29.3 Å². The van der Waals surface area contributed by atoms with E-state index in [0.29, 0.717) is 26.5 Å². The van der Waals surface area contributed by atoms with E-state index in [0.717, 1.165) is 12.3 Å². The number of thioether (sulfide) groups is 1. The standard InChI is InChI=1S/C15H11Cl2F3N2OS/c16-10-2-1-3-11(17)14(10)22-12(23)6-7-24-13-5-4-9(8-21-13)15(18,19)20/h1-5,8H,6-7H2,(H,22,23). The normalized spacial score (nSPS) is 11.4. The van der Waals surface area contributed by atoms with Gasteiger partial charge in [-0.25, -0.2) is 4.98 Å². The lowest BCUT2D eigenvalue weighted by Crippen LogP contribution is -2.13. The Balaban J connectivity index is 1.85. The number of anilines is 1. The van der Waals surface area contributed by atoms with Crippen molar-refractivity contribution < 1.29 is 18.0 Å². The summed E-state index contributed by atoms with van der Waals surface area (Å²) in [5, 5.41) is 3.67. The summed E-state index contributed by atoms with van der Waals surface area (Å²) in [5.74, 6) is 0.0520. The van der Waals surface area contributed by atoms with Crippen LogP contribution in [0.3, 0.4) is 0 Å². The summed E-state index contributed by atoms with van der Waals surface area (Å²) < 4.78 is 37.3. The van der Waals surface area contributed by atoms with Crippen LogP contribution in [0.15, 0.2) is 41.6 Å². The molecule has 24 heavy (non-hydrogen) atoms. The van der Waals surface area contributed by atoms with E-state index in [9.17, 15) is 18.0 Å². The third kappa shape index (κ3) is 5.29. The Labute approximate surface area is 150 Å². The molecule has 0 atom stereocenters. The van der Waals surface area contributed by atoms with Crippen molar-refractivity contribution in [3.8, 4) is 0 Å². The number of nitrogens with zero attached hydrogens (tertiary/aromatic N) is 1. The molecule has 0 saturated heterocycles. The molecule has 2 aromatic rings. The van der Waals surface area contributed by atoms with Crippen LogP contribution in [0.25, 0.3) is 0 Å². The van der Waals surface area contributed by atoms with Crippen molar-refractivity contribution in [2.45, 2.75) is 17.6 Å². The molecule has 128 valence electrons. The van der Waals surface area contributed by atoms with E-state index in [1.54, 1.807) is 18.2 Å². The molecule has 9 heteroatoms. The van der Waals surface area contributed by atoms with E-state index < -0.39 is 11.7 Å². The number of carbonyl (C=O) groups is 1. The molecule has 0 fully saturated rings. The molecule has 3 nitrogen and oxygen atoms in total. The molecule has 0 radical (unpaired) electrons. The molecule has 1 N–H and O–H groups in total. The molecule has 0 saturated carbocycles. The van der Waals surface area contributed by atoms with Gasteiger partial charge >= 0.3 is 6.18 Å². The fourth-order valence-corrected chi connectivity index (χ4v) is 2.98. The number of rotatable bonds is 5. The summed E-state index contributed by atoms with van der Waals surface area (Å²) in [6.45, 7) is 0. The average Bonchev–Trinajstić information content (AvgIpc) is 2.51. The minimum Gasteiger partial charge on any atom is -0.324 e. The maximum Gasteiger partial charge on any atom is 0.417 e. The van der Waals surface area contributed by atoms with Crippen LogP contribution in [-0.2, 0) is 11.0 Å². The maximum atomic E-state index is 12.4. The fourth-order valence-electron chi connectivity index (χ4n) is 1.70. The van der Waals surface area contributed by atoms with Gasteiger partial charge in [-0.3, -0.25) is 4.79 Å². The van der Waals surface area contributed by atoms with Gasteiger partial charge in [-0.15, -0.1) is 11.8 Å². The molecule has 1 heterocycles. The van der Waals surface area contributed by atoms with E-state index in [-0.39, 0.29) is 12.3 Å². The van der Waals surface area contributed by atoms with Crippen molar-refractivity contribution in [2.24, 2.45) is 0 Å². The Hall–Kier alpha value is -1.44. The van der Waals surface area contributed by atoms with Gasteiger partial charge in [-0.05, 0) is 24.3 Å². The Bertz CT molecular complexity index is 703. The highest BCUT2D eigenvalue weighted by molar-refractivity contribution is 7.99. The number of pyridine rings is 1. The zero-order valence-electron chi connectivity index (χ0n) is 12.0. The van der Waals surface area contributed by atoms with E-state index in [2.05, 4.69) is 10.3 Å². The largest absolute Gasteiger partial charge is 0.417 e. The molecule has 0 aliphatic carbocycles. The van der Waals surface area contributed by atoms with Gasteiger partial charge in [0.1, 0.15) is 0 Å². The van der Waals surface area contributed by atoms with Crippen LogP contribution in [0.5, 0.6) is 0 Å². The molecule has 0 aliphatic rings. The summed E-state index contributed by atoms with van der Waals surface area (Å²) >= 11 is 13.1. The van der Waals surface area contributed by atoms with Gasteiger partial charge < -0.3 is 5.32 Å². The summed E-state index contributed by atoms with van der Waals surface area (Å²) in [6.07, 6.45) is -3.51. The number of amides is 1. The first-order valence-electron chi connectivity index (χ1n) is 6.67. The van der Waals surface area contributed by atoms with Crippen LogP contribution in [0.1, 0.15) is 12.0 Å². The quantitative estimate of drug-likeness (QED) is 0.677. The Morgan fingerprint density at radius 3 is 2.38 bits per heavy atom. The number of carbonyl (C=O) groups excluding carboxylic acids is 1. The zero-order valence-corrected chi connectivity index (χ0v) is 14.4. The predicted octanol–water partition coefficient (Wildman–Crippen LogP) is 5.53. The van der Waals surface area contributed by atoms with Gasteiger partial charge in [0, 0.05) is 18.4 Å². The smallest absolute Gasteiger partial charge is 0.324 e. The Morgan fingerprint density at radius 2 is 1.83 bits per heavy atom. The molecule has 2 rings (SSSR count). The third-order valence-electron chi connectivity index (χ3n) is 2.87. The van der Waals surface area contributed by atoms with E-state index >= 15 is 0 Å². The monoisotopic (exact) mass is 394 g/mol. The summed E-state index contributed by atoms with van der Waals surface area (Å²) in [6, 6.07) is 7.09. The molecule has 1 aromatic heterocycles. The lowest BCUT2D eigenvalue weighted by Gasteiger charge is -2.09. The van der Waals surface area contributed by atoms with Crippen molar-refractivity contribution in [1.82, 2.24) is 4.98 Å². The van der Waals surface area contributed by atoms with Crippen molar-refractivity contribution in [2.75, 3.05) is 11.1 Å². The van der Waals surface area contributed by atoms with Crippen molar-refractivity contribution in [3.05, 3.63) is 52.1 Å². The second-order valence-electron chi connectivity index (χ2n) is 4.63. The topological polar surface area (TPSA) is 42.0 Å². The van der Waals surface area contributed by atoms with Crippen LogP contribution in [-0.4, -0.2) is 16.6 Å². The SMILES string of the molecule is O=C(CCSc1ccc(C(F)(F)F)cn1)Nc1c(Cl)cccc1Cl. The highest BCUT2D eigenvalue weighted by Crippen LogP contribution is 2.31. The molecule has 0 spiro atoms. The first-order chi connectivity index (χ1) is 11.3. The van der Waals surface area contributed by atoms with Crippen molar-refractivity contribution in [1.29, 1.82) is 0 Å². The number of halogens is 5. The summed E-state index contributed by atoms with van der Waals surface area (Å²) in [4.78, 5) is 15.6. The van der Waals surface area contributed by atoms with Crippen LogP contribution in [0, 0.1) is 0 Å². The summed E-state index contributed by atoms with van der Waals surface area (Å²) in [7, 11) is 0. The second-order valence-corrected chi connectivity index (χ2v) is 6.56. The first-order valence-corrected chi connectivity index (χ1v) is 8.41. The van der Waals surface area contributed by atoms with Gasteiger partial charge in [0.15, 0.2) is 0 Å². The molecule has 1 amide bonds. The number of alkyl halides is 3. The molecular weight excluding hydrogens is 384 g/mol. The van der Waals surface area contributed by atoms with Crippen LogP contribution < -0.4 is 5.32 Å². The van der Waals surface area contributed by atoms with Crippen LogP contribution >= 0.6 is 35.0 Å². The first kappa shape index (κ1) is 18.9. The minimum absolute atomic E-state index is 0.134. The Kier molecular flexibility index (Phi) is 6.37. The molecule has 0 aliphatic heterocycles. The van der Waals surface area contributed by atoms with Crippen molar-refractivity contribution >= 4 is 46.6 Å². The number of para-hydroxylation sites is 1. The highest BCUT2D eigenvalue weighted by atomic mass is 35.5. The van der Waals surface area contributed by atoms with Crippen molar-refractivity contribution in [3.63, 3.8) is 0 Å². The number of benzene rings is 1. The van der Waals surface area contributed by atoms with Crippen LogP contribution in [0.4, 0.5) is 18.9 Å². The third-order valence-corrected chi connectivity index (χ3v) is 4.45. The maximum absolute atomic E-state index is 12.4. The van der Waals surface area contributed by atoms with E-state index in [4.69, 9.17) is 23.2 Å². The lowest BCUT2D eigenvalue weighted by molar-refractivity contribution is -0.137. The number of hydrogen-bond donors (Lipinski definition) is 1. The molecule has 0 bridgehead atoms. The summed E-state index contributed by atoms with van der Waals surface area (Å²) in [5.41, 5.74) is -0.471.